The van der Waals surface area contributed by atoms with Crippen LogP contribution in [0.3, 0.4) is 0 Å². The molecule has 15 heteroatoms. The van der Waals surface area contributed by atoms with Crippen molar-refractivity contribution in [3.05, 3.63) is 89.6 Å². The summed E-state index contributed by atoms with van der Waals surface area (Å²) in [5.74, 6) is -0.224. The molecule has 0 bridgehead atoms. The molecule has 5 aromatic rings. The topological polar surface area (TPSA) is 156 Å². The number of benzene rings is 3. The first-order chi connectivity index (χ1) is 22.6. The van der Waals surface area contributed by atoms with E-state index in [1.54, 1.807) is 53.2 Å². The first-order valence-corrected chi connectivity index (χ1v) is 16.7. The van der Waals surface area contributed by atoms with Gasteiger partial charge in [-0.05, 0) is 80.5 Å². The molecule has 7 rings (SSSR count). The molecular formula is C32H29N7O6S2. The highest BCUT2D eigenvalue weighted by atomic mass is 32.2. The summed E-state index contributed by atoms with van der Waals surface area (Å²) in [6.45, 7) is 1.79. The number of carbonyl (C=O) groups excluding carboxylic acids is 2. The Hall–Kier alpha value is -5.15. The summed E-state index contributed by atoms with van der Waals surface area (Å²) >= 11 is 5.73. The largest absolute Gasteiger partial charge is 0.486 e. The zero-order chi connectivity index (χ0) is 32.9. The summed E-state index contributed by atoms with van der Waals surface area (Å²) in [4.78, 5) is 34.6. The Labute approximate surface area is 274 Å². The first kappa shape index (κ1) is 30.5. The lowest BCUT2D eigenvalue weighted by molar-refractivity contribution is -0.752. The molecular weight excluding hydrogens is 643 g/mol. The van der Waals surface area contributed by atoms with E-state index in [-0.39, 0.29) is 46.2 Å². The van der Waals surface area contributed by atoms with Gasteiger partial charge in [-0.25, -0.2) is 9.67 Å². The maximum atomic E-state index is 13.6. The van der Waals surface area contributed by atoms with Crippen molar-refractivity contribution in [3.63, 3.8) is 0 Å². The molecule has 0 spiro atoms. The zero-order valence-corrected chi connectivity index (χ0v) is 27.0. The van der Waals surface area contributed by atoms with Crippen molar-refractivity contribution in [2.45, 2.75) is 49.7 Å². The smallest absolute Gasteiger partial charge is 0.289 e. The van der Waals surface area contributed by atoms with Crippen molar-refractivity contribution in [1.82, 2.24) is 20.1 Å². The van der Waals surface area contributed by atoms with Crippen LogP contribution in [0.25, 0.3) is 22.6 Å². The number of amides is 2. The van der Waals surface area contributed by atoms with Crippen LogP contribution in [0.4, 0.5) is 5.69 Å². The lowest BCUT2D eigenvalue weighted by atomic mass is 10.1. The summed E-state index contributed by atoms with van der Waals surface area (Å²) < 4.78 is 42.5. The van der Waals surface area contributed by atoms with E-state index in [9.17, 15) is 18.0 Å². The van der Waals surface area contributed by atoms with Crippen LogP contribution < -0.4 is 20.8 Å². The Morgan fingerprint density at radius 1 is 1.11 bits per heavy atom. The van der Waals surface area contributed by atoms with Gasteiger partial charge in [0.15, 0.2) is 10.7 Å². The van der Waals surface area contributed by atoms with E-state index in [0.29, 0.717) is 17.2 Å². The molecule has 1 saturated heterocycles. The molecule has 1 saturated carbocycles. The molecule has 1 atom stereocenters. The van der Waals surface area contributed by atoms with Crippen LogP contribution in [0.2, 0.25) is 0 Å². The second kappa shape index (κ2) is 11.9. The molecule has 2 amide bonds. The summed E-state index contributed by atoms with van der Waals surface area (Å²) in [5.41, 5.74) is 3.63. The van der Waals surface area contributed by atoms with Gasteiger partial charge in [0.2, 0.25) is 11.8 Å². The van der Waals surface area contributed by atoms with Crippen molar-refractivity contribution < 1.29 is 31.6 Å². The number of hydrogen-bond acceptors (Lipinski definition) is 8. The summed E-state index contributed by atoms with van der Waals surface area (Å²) in [6, 6.07) is 19.8. The molecule has 1 unspecified atom stereocenters. The fourth-order valence-corrected chi connectivity index (χ4v) is 6.77. The summed E-state index contributed by atoms with van der Waals surface area (Å²) in [6.07, 6.45) is 1.42. The lowest BCUT2D eigenvalue weighted by Crippen LogP contribution is -2.45. The molecule has 240 valence electrons. The molecule has 2 aliphatic rings. The minimum Gasteiger partial charge on any atom is -0.486 e. The van der Waals surface area contributed by atoms with E-state index >= 15 is 0 Å². The van der Waals surface area contributed by atoms with Gasteiger partial charge in [-0.3, -0.25) is 19.8 Å². The predicted molar refractivity (Wildman–Crippen MR) is 172 cm³/mol. The highest BCUT2D eigenvalue weighted by Gasteiger charge is 2.49. The van der Waals surface area contributed by atoms with Crippen molar-refractivity contribution in [3.8, 4) is 11.5 Å². The molecule has 47 heavy (non-hydrogen) atoms. The van der Waals surface area contributed by atoms with Crippen molar-refractivity contribution >= 4 is 56.0 Å². The van der Waals surface area contributed by atoms with Gasteiger partial charge >= 0.3 is 0 Å². The molecule has 13 nitrogen and oxygen atoms in total. The fraction of sp³-hybridized carbons (Fsp3) is 0.250. The van der Waals surface area contributed by atoms with Crippen LogP contribution in [0.5, 0.6) is 0 Å². The third-order valence-electron chi connectivity index (χ3n) is 8.08. The fourth-order valence-electron chi connectivity index (χ4n) is 5.40. The number of carbonyl (C=O) groups is 2. The van der Waals surface area contributed by atoms with Crippen LogP contribution in [0.15, 0.2) is 91.0 Å². The lowest BCUT2D eigenvalue weighted by Gasteiger charge is -2.22. The van der Waals surface area contributed by atoms with E-state index in [2.05, 4.69) is 20.0 Å². The minimum absolute atomic E-state index is 0.00341. The third-order valence-corrected chi connectivity index (χ3v) is 9.79. The average molecular weight is 672 g/mol. The zero-order valence-electron chi connectivity index (χ0n) is 25.4. The Kier molecular flexibility index (Phi) is 7.72. The van der Waals surface area contributed by atoms with E-state index in [1.807, 2.05) is 31.2 Å². The maximum absolute atomic E-state index is 13.6. The number of rotatable bonds is 9. The molecule has 3 aromatic carbocycles. The number of hydrogen-bond donors (Lipinski definition) is 1. The number of aromatic nitrogens is 3. The van der Waals surface area contributed by atoms with Crippen molar-refractivity contribution in [2.75, 3.05) is 5.32 Å². The Bertz CT molecular complexity index is 2170. The highest BCUT2D eigenvalue weighted by Crippen LogP contribution is 2.34. The monoisotopic (exact) mass is 671 g/mol. The van der Waals surface area contributed by atoms with Gasteiger partial charge in [0.05, 0.1) is 11.3 Å². The van der Waals surface area contributed by atoms with E-state index in [1.165, 1.54) is 16.8 Å². The van der Waals surface area contributed by atoms with E-state index in [4.69, 9.17) is 21.2 Å². The van der Waals surface area contributed by atoms with Gasteiger partial charge in [0.25, 0.3) is 27.2 Å². The number of fused-ring (bicyclic) bond motifs is 1. The number of aryl methyl sites for hydroxylation is 2. The molecule has 0 radical (unpaired) electrons. The number of oxazole rings is 1. The minimum atomic E-state index is -4.13. The number of sulfonamides is 1. The molecule has 1 aliphatic heterocycles. The molecule has 1 N–H and O–H groups in total. The van der Waals surface area contributed by atoms with Gasteiger partial charge in [-0.2, -0.15) is 8.42 Å². The predicted octanol–water partition coefficient (Wildman–Crippen LogP) is 2.96. The van der Waals surface area contributed by atoms with Crippen molar-refractivity contribution in [1.29, 1.82) is 0 Å². The van der Waals surface area contributed by atoms with Gasteiger partial charge < -0.3 is 19.2 Å². The Morgan fingerprint density at radius 3 is 2.53 bits per heavy atom. The highest BCUT2D eigenvalue weighted by molar-refractivity contribution is 7.90. The molecule has 2 fully saturated rings. The molecule has 1 aliphatic carbocycles. The first-order valence-electron chi connectivity index (χ1n) is 14.9. The Morgan fingerprint density at radius 2 is 1.83 bits per heavy atom. The maximum Gasteiger partial charge on any atom is 0.289 e. The third kappa shape index (κ3) is 6.06. The van der Waals surface area contributed by atoms with Gasteiger partial charge in [0.1, 0.15) is 25.2 Å². The van der Waals surface area contributed by atoms with Gasteiger partial charge in [-0.15, -0.1) is 4.40 Å². The summed E-state index contributed by atoms with van der Waals surface area (Å²) in [7, 11) is -2.56. The van der Waals surface area contributed by atoms with E-state index < -0.39 is 22.0 Å². The van der Waals surface area contributed by atoms with E-state index in [0.717, 1.165) is 29.5 Å². The molecule has 3 heterocycles. The number of thiocarbonyl (C=S) groups is 1. The molecule has 2 aromatic heterocycles. The SMILES string of the molecule is Cc1ccc(S(=O)(=O)/N=c2\o[n-][n+](C)c2CN2C(=S)N(C3CC3)C(=O)C2CC(=O)Nc2ccc(-c3nc4ccccc4o3)cc2)cc1. The van der Waals surface area contributed by atoms with Crippen LogP contribution in [0.1, 0.15) is 30.5 Å². The number of anilines is 1. The number of nitrogens with one attached hydrogen (secondary N) is 1. The summed E-state index contributed by atoms with van der Waals surface area (Å²) in [5, 5.41) is 6.98. The van der Waals surface area contributed by atoms with Crippen molar-refractivity contribution in [2.24, 2.45) is 11.4 Å². The Balaban J connectivity index is 1.11. The normalized spacial score (nSPS) is 17.2. The van der Waals surface area contributed by atoms with Crippen LogP contribution in [-0.2, 0) is 33.2 Å². The van der Waals surface area contributed by atoms with Crippen LogP contribution in [-0.4, -0.2) is 52.2 Å². The van der Waals surface area contributed by atoms with Gasteiger partial charge in [0, 0.05) is 17.3 Å². The quantitative estimate of drug-likeness (QED) is 0.183. The standard InChI is InChI=1S/C32H29N7O6S2/c1-19-7-15-23(16-8-19)47(42,43)35-30-26(37(2)36-45-30)18-38-25(31(41)39(32(38)46)22-13-14-22)17-28(40)33-21-11-9-20(10-12-21)29-34-24-5-3-4-6-27(24)44-29/h3-12,15-16,22,25H,13-14,17-18H2,1-2H3,(H,33,40)/b35-30-. The van der Waals surface area contributed by atoms with Crippen LogP contribution in [0, 0.1) is 6.92 Å². The number of nitrogens with zero attached hydrogens (tertiary/aromatic N) is 6. The number of para-hydroxylation sites is 2. The average Bonchev–Trinajstić information content (AvgIpc) is 3.62. The second-order valence-electron chi connectivity index (χ2n) is 11.5. The van der Waals surface area contributed by atoms with Gasteiger partial charge in [-0.1, -0.05) is 29.8 Å². The van der Waals surface area contributed by atoms with Crippen LogP contribution >= 0.6 is 12.2 Å². The second-order valence-corrected chi connectivity index (χ2v) is 13.5.